The first-order valence-electron chi connectivity index (χ1n) is 9.78. The molecule has 3 nitrogen and oxygen atoms in total. The number of fused-ring (bicyclic) bond motifs is 2. The number of hydrogen-bond acceptors (Lipinski definition) is 2. The molecule has 0 saturated heterocycles. The number of carbonyl (C=O) groups is 1. The zero-order valence-corrected chi connectivity index (χ0v) is 16.5. The Kier molecular flexibility index (Phi) is 4.21. The molecule has 1 amide bonds. The molecule has 0 saturated carbocycles. The third-order valence-corrected chi connectivity index (χ3v) is 5.70. The molecule has 30 heavy (non-hydrogen) atoms. The Hall–Kier alpha value is -3.79. The summed E-state index contributed by atoms with van der Waals surface area (Å²) in [6.45, 7) is 6.29. The van der Waals surface area contributed by atoms with Crippen LogP contribution in [0, 0.1) is 12.7 Å². The number of aromatic nitrogens is 1. The number of para-hydroxylation sites is 1. The van der Waals surface area contributed by atoms with E-state index in [4.69, 9.17) is 0 Å². The number of anilines is 1. The van der Waals surface area contributed by atoms with Gasteiger partial charge in [-0.25, -0.2) is 4.39 Å². The maximum absolute atomic E-state index is 13.9. The van der Waals surface area contributed by atoms with E-state index in [1.807, 2.05) is 55.5 Å². The number of pyridine rings is 1. The molecular weight excluding hydrogens is 375 g/mol. The van der Waals surface area contributed by atoms with Gasteiger partial charge in [-0.1, -0.05) is 55.1 Å². The van der Waals surface area contributed by atoms with Crippen molar-refractivity contribution in [2.45, 2.75) is 13.0 Å². The predicted molar refractivity (Wildman–Crippen MR) is 118 cm³/mol. The van der Waals surface area contributed by atoms with Gasteiger partial charge in [-0.2, -0.15) is 0 Å². The van der Waals surface area contributed by atoms with Crippen molar-refractivity contribution in [2.75, 3.05) is 4.90 Å². The van der Waals surface area contributed by atoms with Crippen LogP contribution in [0.1, 0.15) is 33.1 Å². The van der Waals surface area contributed by atoms with Gasteiger partial charge in [0.2, 0.25) is 0 Å². The number of benzene rings is 3. The fourth-order valence-corrected chi connectivity index (χ4v) is 4.29. The van der Waals surface area contributed by atoms with Gasteiger partial charge in [0.15, 0.2) is 0 Å². The van der Waals surface area contributed by atoms with Gasteiger partial charge in [0.25, 0.3) is 5.91 Å². The first kappa shape index (κ1) is 18.3. The lowest BCUT2D eigenvalue weighted by atomic mass is 9.83. The molecule has 1 unspecified atom stereocenters. The number of aryl methyl sites for hydroxylation is 1. The molecule has 0 fully saturated rings. The van der Waals surface area contributed by atoms with Crippen LogP contribution in [0.4, 0.5) is 10.1 Å². The normalized spacial score (nSPS) is 16.1. The average molecular weight is 394 g/mol. The maximum atomic E-state index is 13.9. The zero-order valence-electron chi connectivity index (χ0n) is 16.5. The van der Waals surface area contributed by atoms with Gasteiger partial charge >= 0.3 is 0 Å². The summed E-state index contributed by atoms with van der Waals surface area (Å²) in [4.78, 5) is 20.2. The summed E-state index contributed by atoms with van der Waals surface area (Å²) in [5.41, 5.74) is 5.43. The van der Waals surface area contributed by atoms with E-state index in [1.165, 1.54) is 12.1 Å². The maximum Gasteiger partial charge on any atom is 0.260 e. The van der Waals surface area contributed by atoms with Crippen LogP contribution in [0.3, 0.4) is 0 Å². The molecule has 4 aromatic rings. The summed E-state index contributed by atoms with van der Waals surface area (Å²) in [5.74, 6) is -0.427. The molecule has 0 spiro atoms. The van der Waals surface area contributed by atoms with Crippen LogP contribution in [0.2, 0.25) is 0 Å². The fourth-order valence-electron chi connectivity index (χ4n) is 4.29. The SMILES string of the molecule is C=C1c2cccc(C)c2C(=O)N(c2cccc3cccnc23)C1c1ccc(F)cc1. The second kappa shape index (κ2) is 6.92. The van der Waals surface area contributed by atoms with Crippen LogP contribution in [0.25, 0.3) is 16.5 Å². The van der Waals surface area contributed by atoms with Crippen LogP contribution in [-0.2, 0) is 0 Å². The molecule has 1 atom stereocenters. The molecule has 0 N–H and O–H groups in total. The summed E-state index contributed by atoms with van der Waals surface area (Å²) in [7, 11) is 0. The highest BCUT2D eigenvalue weighted by atomic mass is 19.1. The molecule has 1 aliphatic heterocycles. The Morgan fingerprint density at radius 1 is 0.967 bits per heavy atom. The van der Waals surface area contributed by atoms with Crippen molar-refractivity contribution in [3.8, 4) is 0 Å². The van der Waals surface area contributed by atoms with Crippen LogP contribution >= 0.6 is 0 Å². The van der Waals surface area contributed by atoms with Crippen molar-refractivity contribution < 1.29 is 9.18 Å². The second-order valence-electron chi connectivity index (χ2n) is 7.50. The van der Waals surface area contributed by atoms with E-state index in [0.717, 1.165) is 33.2 Å². The van der Waals surface area contributed by atoms with E-state index < -0.39 is 6.04 Å². The number of carbonyl (C=O) groups excluding carboxylic acids is 1. The highest BCUT2D eigenvalue weighted by Crippen LogP contribution is 2.45. The third kappa shape index (κ3) is 2.72. The highest BCUT2D eigenvalue weighted by molar-refractivity contribution is 6.17. The number of amides is 1. The quantitative estimate of drug-likeness (QED) is 0.412. The molecule has 4 heteroatoms. The molecule has 2 heterocycles. The summed E-state index contributed by atoms with van der Waals surface area (Å²) in [6.07, 6.45) is 1.72. The molecule has 3 aromatic carbocycles. The standard InChI is InChI=1S/C26H19FN2O/c1-16-6-3-9-21-17(2)25(19-11-13-20(27)14-12-19)29(26(30)23(16)21)22-10-4-7-18-8-5-15-28-24(18)22/h3-15,25H,2H2,1H3. The number of rotatable bonds is 2. The fraction of sp³-hybridized carbons (Fsp3) is 0.0769. The van der Waals surface area contributed by atoms with Crippen molar-refractivity contribution in [3.63, 3.8) is 0 Å². The first-order valence-corrected chi connectivity index (χ1v) is 9.78. The minimum absolute atomic E-state index is 0.108. The molecule has 1 aromatic heterocycles. The van der Waals surface area contributed by atoms with Gasteiger partial charge < -0.3 is 0 Å². The number of nitrogens with zero attached hydrogens (tertiary/aromatic N) is 2. The molecule has 5 rings (SSSR count). The lowest BCUT2D eigenvalue weighted by Crippen LogP contribution is -2.40. The van der Waals surface area contributed by atoms with Crippen LogP contribution < -0.4 is 4.90 Å². The number of hydrogen-bond donors (Lipinski definition) is 0. The summed E-state index contributed by atoms with van der Waals surface area (Å²) in [5, 5.41) is 0.946. The second-order valence-corrected chi connectivity index (χ2v) is 7.50. The van der Waals surface area contributed by atoms with Gasteiger partial charge in [-0.05, 0) is 53.5 Å². The Morgan fingerprint density at radius 2 is 1.70 bits per heavy atom. The predicted octanol–water partition coefficient (Wildman–Crippen LogP) is 6.10. The van der Waals surface area contributed by atoms with E-state index in [9.17, 15) is 9.18 Å². The Bertz CT molecular complexity index is 1310. The van der Waals surface area contributed by atoms with Gasteiger partial charge in [-0.3, -0.25) is 14.7 Å². The van der Waals surface area contributed by atoms with Crippen LogP contribution in [0.15, 0.2) is 85.6 Å². The van der Waals surface area contributed by atoms with Gasteiger partial charge in [0.1, 0.15) is 5.82 Å². The first-order chi connectivity index (χ1) is 14.6. The largest absolute Gasteiger partial charge is 0.294 e. The van der Waals surface area contributed by atoms with Gasteiger partial charge in [0, 0.05) is 11.6 Å². The molecule has 0 aliphatic carbocycles. The minimum atomic E-state index is -0.458. The lowest BCUT2D eigenvalue weighted by Gasteiger charge is -2.39. The van der Waals surface area contributed by atoms with Crippen molar-refractivity contribution in [2.24, 2.45) is 0 Å². The van der Waals surface area contributed by atoms with Crippen LogP contribution in [-0.4, -0.2) is 10.9 Å². The molecule has 0 radical (unpaired) electrons. The Morgan fingerprint density at radius 3 is 2.50 bits per heavy atom. The molecular formula is C26H19FN2O. The third-order valence-electron chi connectivity index (χ3n) is 5.70. The van der Waals surface area contributed by atoms with Gasteiger partial charge in [-0.15, -0.1) is 0 Å². The van der Waals surface area contributed by atoms with Gasteiger partial charge in [0.05, 0.1) is 22.8 Å². The van der Waals surface area contributed by atoms with Crippen molar-refractivity contribution in [1.82, 2.24) is 4.98 Å². The van der Waals surface area contributed by atoms with Crippen molar-refractivity contribution in [1.29, 1.82) is 0 Å². The topological polar surface area (TPSA) is 33.2 Å². The highest BCUT2D eigenvalue weighted by Gasteiger charge is 2.38. The summed E-state index contributed by atoms with van der Waals surface area (Å²) < 4.78 is 13.6. The minimum Gasteiger partial charge on any atom is -0.294 e. The van der Waals surface area contributed by atoms with Crippen molar-refractivity contribution in [3.05, 3.63) is 114 Å². The Balaban J connectivity index is 1.81. The zero-order chi connectivity index (χ0) is 20.8. The summed E-state index contributed by atoms with van der Waals surface area (Å²) >= 11 is 0. The monoisotopic (exact) mass is 394 g/mol. The van der Waals surface area contributed by atoms with Crippen LogP contribution in [0.5, 0.6) is 0 Å². The van der Waals surface area contributed by atoms with E-state index in [0.29, 0.717) is 11.3 Å². The Labute approximate surface area is 174 Å². The summed E-state index contributed by atoms with van der Waals surface area (Å²) in [6, 6.07) is 21.2. The number of halogens is 1. The van der Waals surface area contributed by atoms with E-state index >= 15 is 0 Å². The van der Waals surface area contributed by atoms with E-state index in [1.54, 1.807) is 23.2 Å². The average Bonchev–Trinajstić information content (AvgIpc) is 2.76. The lowest BCUT2D eigenvalue weighted by molar-refractivity contribution is 0.0977. The molecule has 0 bridgehead atoms. The molecule has 1 aliphatic rings. The van der Waals surface area contributed by atoms with E-state index in [2.05, 4.69) is 11.6 Å². The van der Waals surface area contributed by atoms with Crippen molar-refractivity contribution >= 4 is 28.1 Å². The smallest absolute Gasteiger partial charge is 0.260 e. The van der Waals surface area contributed by atoms with E-state index in [-0.39, 0.29) is 11.7 Å². The molecule has 146 valence electrons.